The molecule has 0 aliphatic carbocycles. The number of hydrogen-bond donors (Lipinski definition) is 0. The zero-order valence-corrected chi connectivity index (χ0v) is 17.2. The molecule has 3 aromatic rings. The number of furan rings is 1. The summed E-state index contributed by atoms with van der Waals surface area (Å²) in [5, 5.41) is 0.622. The lowest BCUT2D eigenvalue weighted by molar-refractivity contribution is -0.121. The van der Waals surface area contributed by atoms with Crippen LogP contribution in [0.1, 0.15) is 11.3 Å². The minimum atomic E-state index is -0.101. The van der Waals surface area contributed by atoms with Crippen LogP contribution in [0.25, 0.3) is 17.4 Å². The van der Waals surface area contributed by atoms with E-state index in [4.69, 9.17) is 9.15 Å². The number of carbonyl (C=O) groups excluding carboxylic acids is 1. The summed E-state index contributed by atoms with van der Waals surface area (Å²) in [7, 11) is 3.34. The van der Waals surface area contributed by atoms with Crippen LogP contribution in [-0.4, -0.2) is 30.1 Å². The van der Waals surface area contributed by atoms with Crippen molar-refractivity contribution in [1.29, 1.82) is 0 Å². The molecule has 4 rings (SSSR count). The number of aliphatic imine (C=N–C) groups is 1. The first-order valence-corrected chi connectivity index (χ1v) is 9.92. The highest BCUT2D eigenvalue weighted by molar-refractivity contribution is 8.18. The highest BCUT2D eigenvalue weighted by atomic mass is 32.2. The molecule has 1 amide bonds. The molecule has 0 radical (unpaired) electrons. The van der Waals surface area contributed by atoms with Crippen molar-refractivity contribution in [2.24, 2.45) is 4.99 Å². The van der Waals surface area contributed by atoms with Crippen molar-refractivity contribution in [3.05, 3.63) is 76.9 Å². The summed E-state index contributed by atoms with van der Waals surface area (Å²) in [5.41, 5.74) is 2.96. The van der Waals surface area contributed by atoms with Crippen LogP contribution < -0.4 is 4.74 Å². The highest BCUT2D eigenvalue weighted by Crippen LogP contribution is 2.34. The molecular formula is C23H20N2O3S. The molecule has 6 heteroatoms. The smallest absolute Gasteiger partial charge is 0.266 e. The number of benzene rings is 2. The van der Waals surface area contributed by atoms with Crippen LogP contribution in [0.15, 0.2) is 75.0 Å². The quantitative estimate of drug-likeness (QED) is 0.539. The van der Waals surface area contributed by atoms with Crippen molar-refractivity contribution in [2.45, 2.75) is 6.92 Å². The Balaban J connectivity index is 1.56. The maximum absolute atomic E-state index is 12.6. The molecule has 0 unspecified atom stereocenters. The number of carbonyl (C=O) groups is 1. The molecule has 2 aromatic carbocycles. The summed E-state index contributed by atoms with van der Waals surface area (Å²) in [6.07, 6.45) is 1.76. The number of likely N-dealkylation sites (N-methyl/N-ethyl adjacent to an activating group) is 1. The van der Waals surface area contributed by atoms with E-state index in [0.29, 0.717) is 15.8 Å². The van der Waals surface area contributed by atoms with Gasteiger partial charge in [0.05, 0.1) is 17.7 Å². The van der Waals surface area contributed by atoms with Crippen LogP contribution in [0.3, 0.4) is 0 Å². The minimum Gasteiger partial charge on any atom is -0.497 e. The Morgan fingerprint density at radius 3 is 2.45 bits per heavy atom. The fourth-order valence-electron chi connectivity index (χ4n) is 2.85. The number of hydrogen-bond acceptors (Lipinski definition) is 5. The average Bonchev–Trinajstić information content (AvgIpc) is 3.30. The van der Waals surface area contributed by atoms with Crippen LogP contribution in [0.2, 0.25) is 0 Å². The molecule has 5 nitrogen and oxygen atoms in total. The third-order valence-electron chi connectivity index (χ3n) is 4.54. The standard InChI is InChI=1S/C23H20N2O3S/c1-15-4-6-16(7-5-15)20-13-12-19(28-20)14-21-22(26)25(2)23(29-21)24-17-8-10-18(27-3)11-9-17/h4-14H,1-3H3/b21-14-,24-23?. The SMILES string of the molecule is COc1ccc(N=C2S/C(=C\c3ccc(-c4ccc(C)cc4)o3)C(=O)N2C)cc1. The van der Waals surface area contributed by atoms with Gasteiger partial charge in [-0.25, -0.2) is 4.99 Å². The summed E-state index contributed by atoms with van der Waals surface area (Å²) in [4.78, 5) is 19.3. The Morgan fingerprint density at radius 1 is 1.03 bits per heavy atom. The largest absolute Gasteiger partial charge is 0.497 e. The number of nitrogens with zero attached hydrogens (tertiary/aromatic N) is 2. The first-order chi connectivity index (χ1) is 14.0. The Hall–Kier alpha value is -3.25. The molecule has 29 heavy (non-hydrogen) atoms. The van der Waals surface area contributed by atoms with Crippen molar-refractivity contribution < 1.29 is 13.9 Å². The van der Waals surface area contributed by atoms with Crippen molar-refractivity contribution in [3.63, 3.8) is 0 Å². The summed E-state index contributed by atoms with van der Waals surface area (Å²) >= 11 is 1.33. The maximum Gasteiger partial charge on any atom is 0.266 e. The molecule has 1 aliphatic heterocycles. The van der Waals surface area contributed by atoms with E-state index in [0.717, 1.165) is 22.8 Å². The van der Waals surface area contributed by atoms with Gasteiger partial charge in [0.1, 0.15) is 17.3 Å². The van der Waals surface area contributed by atoms with Crippen molar-refractivity contribution >= 4 is 34.6 Å². The normalized spacial score (nSPS) is 16.8. The van der Waals surface area contributed by atoms with Gasteiger partial charge in [0.2, 0.25) is 0 Å². The Labute approximate surface area is 173 Å². The van der Waals surface area contributed by atoms with E-state index in [2.05, 4.69) is 4.99 Å². The molecule has 0 spiro atoms. The van der Waals surface area contributed by atoms with Crippen LogP contribution in [0, 0.1) is 6.92 Å². The summed E-state index contributed by atoms with van der Waals surface area (Å²) in [5.74, 6) is 2.07. The second kappa shape index (κ2) is 8.01. The minimum absolute atomic E-state index is 0.101. The molecule has 2 heterocycles. The maximum atomic E-state index is 12.6. The molecule has 1 saturated heterocycles. The number of amidine groups is 1. The van der Waals surface area contributed by atoms with Gasteiger partial charge in [-0.3, -0.25) is 9.69 Å². The van der Waals surface area contributed by atoms with Gasteiger partial charge in [0, 0.05) is 18.7 Å². The van der Waals surface area contributed by atoms with Crippen LogP contribution >= 0.6 is 11.8 Å². The number of rotatable bonds is 4. The Kier molecular flexibility index (Phi) is 5.27. The second-order valence-corrected chi connectivity index (χ2v) is 7.64. The van der Waals surface area contributed by atoms with Crippen molar-refractivity contribution in [3.8, 4) is 17.1 Å². The molecule has 146 valence electrons. The van der Waals surface area contributed by atoms with E-state index in [1.807, 2.05) is 67.6 Å². The van der Waals surface area contributed by atoms with Gasteiger partial charge in [-0.2, -0.15) is 0 Å². The first kappa shape index (κ1) is 19.1. The molecule has 0 atom stereocenters. The van der Waals surface area contributed by atoms with Gasteiger partial charge >= 0.3 is 0 Å². The van der Waals surface area contributed by atoms with Crippen LogP contribution in [-0.2, 0) is 4.79 Å². The Morgan fingerprint density at radius 2 is 1.76 bits per heavy atom. The predicted molar refractivity (Wildman–Crippen MR) is 117 cm³/mol. The Bertz CT molecular complexity index is 1100. The molecule has 1 fully saturated rings. The highest BCUT2D eigenvalue weighted by Gasteiger charge is 2.30. The first-order valence-electron chi connectivity index (χ1n) is 9.11. The third kappa shape index (κ3) is 4.12. The van der Waals surface area contributed by atoms with Gasteiger partial charge in [-0.15, -0.1) is 0 Å². The lowest BCUT2D eigenvalue weighted by Gasteiger charge is -2.07. The fraction of sp³-hybridized carbons (Fsp3) is 0.130. The van der Waals surface area contributed by atoms with Gasteiger partial charge in [-0.05, 0) is 55.1 Å². The molecule has 0 saturated carbocycles. The number of methoxy groups -OCH3 is 1. The molecular weight excluding hydrogens is 384 g/mol. The summed E-state index contributed by atoms with van der Waals surface area (Å²) < 4.78 is 11.1. The lowest BCUT2D eigenvalue weighted by Crippen LogP contribution is -2.23. The van der Waals surface area contributed by atoms with Crippen LogP contribution in [0.5, 0.6) is 5.75 Å². The molecule has 0 bridgehead atoms. The molecule has 1 aliphatic rings. The van der Waals surface area contributed by atoms with E-state index in [9.17, 15) is 4.79 Å². The van der Waals surface area contributed by atoms with E-state index in [1.54, 1.807) is 25.1 Å². The summed E-state index contributed by atoms with van der Waals surface area (Å²) in [6.45, 7) is 2.05. The number of aryl methyl sites for hydroxylation is 1. The average molecular weight is 404 g/mol. The van der Waals surface area contributed by atoms with Crippen molar-refractivity contribution in [2.75, 3.05) is 14.2 Å². The fourth-order valence-corrected chi connectivity index (χ4v) is 3.82. The monoisotopic (exact) mass is 404 g/mol. The number of amides is 1. The van der Waals surface area contributed by atoms with E-state index >= 15 is 0 Å². The van der Waals surface area contributed by atoms with E-state index in [-0.39, 0.29) is 5.91 Å². The second-order valence-electron chi connectivity index (χ2n) is 6.64. The van der Waals surface area contributed by atoms with Crippen LogP contribution in [0.4, 0.5) is 5.69 Å². The lowest BCUT2D eigenvalue weighted by atomic mass is 10.1. The van der Waals surface area contributed by atoms with Gasteiger partial charge < -0.3 is 9.15 Å². The van der Waals surface area contributed by atoms with Gasteiger partial charge in [0.25, 0.3) is 5.91 Å². The van der Waals surface area contributed by atoms with Gasteiger partial charge in [-0.1, -0.05) is 29.8 Å². The van der Waals surface area contributed by atoms with Crippen molar-refractivity contribution in [1.82, 2.24) is 4.90 Å². The van der Waals surface area contributed by atoms with E-state index < -0.39 is 0 Å². The predicted octanol–water partition coefficient (Wildman–Crippen LogP) is 5.50. The number of ether oxygens (including phenoxy) is 1. The molecule has 1 aromatic heterocycles. The third-order valence-corrected chi connectivity index (χ3v) is 5.60. The molecule has 0 N–H and O–H groups in total. The topological polar surface area (TPSA) is 55.0 Å². The number of thioether (sulfide) groups is 1. The zero-order chi connectivity index (χ0) is 20.4. The van der Waals surface area contributed by atoms with E-state index in [1.165, 1.54) is 17.3 Å². The zero-order valence-electron chi connectivity index (χ0n) is 16.4. The van der Waals surface area contributed by atoms with Gasteiger partial charge in [0.15, 0.2) is 5.17 Å². The summed E-state index contributed by atoms with van der Waals surface area (Å²) in [6, 6.07) is 19.3.